The summed E-state index contributed by atoms with van der Waals surface area (Å²) < 4.78 is 39.6. The third-order valence-electron chi connectivity index (χ3n) is 4.19. The van der Waals surface area contributed by atoms with Gasteiger partial charge in [-0.3, -0.25) is 9.10 Å². The van der Waals surface area contributed by atoms with Crippen LogP contribution in [0.1, 0.15) is 18.9 Å². The molecule has 0 aliphatic rings. The summed E-state index contributed by atoms with van der Waals surface area (Å²) in [5.74, 6) is 0.202. The van der Waals surface area contributed by atoms with E-state index in [2.05, 4.69) is 5.32 Å². The molecule has 1 N–H and O–H groups in total. The Balaban J connectivity index is 1.95. The van der Waals surface area contributed by atoms with Crippen molar-refractivity contribution in [2.24, 2.45) is 0 Å². The molecule has 29 heavy (non-hydrogen) atoms. The van der Waals surface area contributed by atoms with Gasteiger partial charge in [-0.2, -0.15) is 11.8 Å². The lowest BCUT2D eigenvalue weighted by molar-refractivity contribution is -0.122. The standard InChI is InChI=1S/C20H24ClFN2O3S2/c1-3-19(24(29(2,26)27)15-8-5-4-6-9-15)20(25)23-12-13-28-14-16-17(21)10-7-11-18(16)22/h4-11,19H,3,12-14H2,1-2H3,(H,23,25)/t19-/m1/s1. The molecule has 0 saturated carbocycles. The van der Waals surface area contributed by atoms with Crippen molar-refractivity contribution in [2.45, 2.75) is 25.1 Å². The van der Waals surface area contributed by atoms with E-state index in [4.69, 9.17) is 11.6 Å². The van der Waals surface area contributed by atoms with Crippen molar-refractivity contribution in [2.75, 3.05) is 22.9 Å². The van der Waals surface area contributed by atoms with Gasteiger partial charge in [0.1, 0.15) is 11.9 Å². The van der Waals surface area contributed by atoms with E-state index in [0.29, 0.717) is 40.7 Å². The van der Waals surface area contributed by atoms with Crippen LogP contribution in [0.25, 0.3) is 0 Å². The summed E-state index contributed by atoms with van der Waals surface area (Å²) >= 11 is 7.44. The second kappa shape index (κ2) is 10.8. The quantitative estimate of drug-likeness (QED) is 0.545. The molecule has 0 radical (unpaired) electrons. The first-order chi connectivity index (χ1) is 13.8. The molecule has 0 aliphatic carbocycles. The van der Waals surface area contributed by atoms with Gasteiger partial charge in [-0.1, -0.05) is 42.8 Å². The first kappa shape index (κ1) is 23.5. The molecule has 1 amide bonds. The van der Waals surface area contributed by atoms with Crippen LogP contribution in [0.4, 0.5) is 10.1 Å². The highest BCUT2D eigenvalue weighted by Crippen LogP contribution is 2.24. The number of carbonyl (C=O) groups is 1. The maximum atomic E-state index is 13.8. The predicted molar refractivity (Wildman–Crippen MR) is 118 cm³/mol. The minimum Gasteiger partial charge on any atom is -0.353 e. The van der Waals surface area contributed by atoms with Gasteiger partial charge in [0.05, 0.1) is 11.9 Å². The number of hydrogen-bond acceptors (Lipinski definition) is 4. The fraction of sp³-hybridized carbons (Fsp3) is 0.350. The number of anilines is 1. The molecule has 2 aromatic carbocycles. The third-order valence-corrected chi connectivity index (χ3v) is 6.71. The first-order valence-corrected chi connectivity index (χ1v) is 12.5. The zero-order chi connectivity index (χ0) is 21.4. The van der Waals surface area contributed by atoms with Gasteiger partial charge in [0.25, 0.3) is 0 Å². The molecule has 0 saturated heterocycles. The Kier molecular flexibility index (Phi) is 8.79. The Morgan fingerprint density at radius 3 is 2.48 bits per heavy atom. The average Bonchev–Trinajstić information content (AvgIpc) is 2.67. The number of hydrogen-bond donors (Lipinski definition) is 1. The molecule has 0 unspecified atom stereocenters. The van der Waals surface area contributed by atoms with Gasteiger partial charge in [0.15, 0.2) is 0 Å². The molecule has 2 aromatic rings. The number of para-hydroxylation sites is 1. The molecule has 1 atom stereocenters. The monoisotopic (exact) mass is 458 g/mol. The van der Waals surface area contributed by atoms with Gasteiger partial charge in [0.2, 0.25) is 15.9 Å². The number of carbonyl (C=O) groups excluding carboxylic acids is 1. The predicted octanol–water partition coefficient (Wildman–Crippen LogP) is 4.07. The summed E-state index contributed by atoms with van der Waals surface area (Å²) in [6, 6.07) is 12.2. The number of amides is 1. The van der Waals surface area contributed by atoms with Gasteiger partial charge in [-0.25, -0.2) is 12.8 Å². The summed E-state index contributed by atoms with van der Waals surface area (Å²) in [5.41, 5.74) is 0.879. The average molecular weight is 459 g/mol. The summed E-state index contributed by atoms with van der Waals surface area (Å²) in [4.78, 5) is 12.7. The Morgan fingerprint density at radius 1 is 1.21 bits per heavy atom. The van der Waals surface area contributed by atoms with Crippen LogP contribution in [0.15, 0.2) is 48.5 Å². The topological polar surface area (TPSA) is 66.5 Å². The van der Waals surface area contributed by atoms with Gasteiger partial charge >= 0.3 is 0 Å². The molecule has 0 aliphatic heterocycles. The van der Waals surface area contributed by atoms with Crippen LogP contribution >= 0.6 is 23.4 Å². The van der Waals surface area contributed by atoms with Gasteiger partial charge in [0, 0.05) is 28.6 Å². The van der Waals surface area contributed by atoms with Crippen molar-refractivity contribution >= 4 is 45.0 Å². The van der Waals surface area contributed by atoms with E-state index >= 15 is 0 Å². The maximum absolute atomic E-state index is 13.8. The van der Waals surface area contributed by atoms with E-state index in [9.17, 15) is 17.6 Å². The van der Waals surface area contributed by atoms with Crippen molar-refractivity contribution in [3.05, 3.63) is 64.9 Å². The fourth-order valence-electron chi connectivity index (χ4n) is 2.84. The summed E-state index contributed by atoms with van der Waals surface area (Å²) in [7, 11) is -3.64. The minimum absolute atomic E-state index is 0.325. The normalized spacial score (nSPS) is 12.4. The molecule has 0 spiro atoms. The molecule has 9 heteroatoms. The molecular weight excluding hydrogens is 435 g/mol. The van der Waals surface area contributed by atoms with Crippen LogP contribution in [0, 0.1) is 5.82 Å². The summed E-state index contributed by atoms with van der Waals surface area (Å²) in [5, 5.41) is 3.15. The first-order valence-electron chi connectivity index (χ1n) is 9.08. The van der Waals surface area contributed by atoms with E-state index in [0.717, 1.165) is 10.6 Å². The smallest absolute Gasteiger partial charge is 0.243 e. The van der Waals surface area contributed by atoms with E-state index in [1.807, 2.05) is 0 Å². The lowest BCUT2D eigenvalue weighted by Crippen LogP contribution is -2.49. The number of rotatable bonds is 10. The molecule has 158 valence electrons. The SMILES string of the molecule is CC[C@H](C(=O)NCCSCc1c(F)cccc1Cl)N(c1ccccc1)S(C)(=O)=O. The van der Waals surface area contributed by atoms with Crippen molar-refractivity contribution in [1.82, 2.24) is 5.32 Å². The highest BCUT2D eigenvalue weighted by atomic mass is 35.5. The van der Waals surface area contributed by atoms with Crippen LogP contribution in [0.3, 0.4) is 0 Å². The molecule has 0 bridgehead atoms. The van der Waals surface area contributed by atoms with Gasteiger partial charge in [-0.05, 0) is 30.7 Å². The zero-order valence-corrected chi connectivity index (χ0v) is 18.7. The number of halogens is 2. The highest BCUT2D eigenvalue weighted by molar-refractivity contribution is 7.98. The molecule has 0 aromatic heterocycles. The fourth-order valence-corrected chi connectivity index (χ4v) is 5.25. The van der Waals surface area contributed by atoms with Crippen LogP contribution in [0.5, 0.6) is 0 Å². The Labute approximate surface area is 180 Å². The van der Waals surface area contributed by atoms with Crippen molar-refractivity contribution in [3.63, 3.8) is 0 Å². The third kappa shape index (κ3) is 6.62. The Hall–Kier alpha value is -1.77. The lowest BCUT2D eigenvalue weighted by atomic mass is 10.2. The molecule has 0 fully saturated rings. The maximum Gasteiger partial charge on any atom is 0.243 e. The number of sulfonamides is 1. The van der Waals surface area contributed by atoms with Crippen LogP contribution < -0.4 is 9.62 Å². The number of thioether (sulfide) groups is 1. The second-order valence-corrected chi connectivity index (χ2v) is 9.73. The molecular formula is C20H24ClFN2O3S2. The van der Waals surface area contributed by atoms with Gasteiger partial charge < -0.3 is 5.32 Å². The van der Waals surface area contributed by atoms with Crippen LogP contribution in [-0.4, -0.2) is 38.9 Å². The zero-order valence-electron chi connectivity index (χ0n) is 16.3. The summed E-state index contributed by atoms with van der Waals surface area (Å²) in [6.45, 7) is 2.10. The van der Waals surface area contributed by atoms with E-state index < -0.39 is 16.1 Å². The Bertz CT molecular complexity index is 906. The second-order valence-electron chi connectivity index (χ2n) is 6.36. The van der Waals surface area contributed by atoms with Crippen LogP contribution in [0.2, 0.25) is 5.02 Å². The minimum atomic E-state index is -3.64. The van der Waals surface area contributed by atoms with E-state index in [1.54, 1.807) is 49.4 Å². The molecule has 0 heterocycles. The van der Waals surface area contributed by atoms with Gasteiger partial charge in [-0.15, -0.1) is 0 Å². The molecule has 5 nitrogen and oxygen atoms in total. The highest BCUT2D eigenvalue weighted by Gasteiger charge is 2.31. The van der Waals surface area contributed by atoms with Crippen molar-refractivity contribution < 1.29 is 17.6 Å². The Morgan fingerprint density at radius 2 is 1.90 bits per heavy atom. The van der Waals surface area contributed by atoms with E-state index in [1.165, 1.54) is 17.8 Å². The van der Waals surface area contributed by atoms with E-state index in [-0.39, 0.29) is 11.7 Å². The van der Waals surface area contributed by atoms with Crippen LogP contribution in [-0.2, 0) is 20.6 Å². The lowest BCUT2D eigenvalue weighted by Gasteiger charge is -2.30. The van der Waals surface area contributed by atoms with Crippen molar-refractivity contribution in [3.8, 4) is 0 Å². The summed E-state index contributed by atoms with van der Waals surface area (Å²) in [6.07, 6.45) is 1.41. The van der Waals surface area contributed by atoms with Crippen molar-refractivity contribution in [1.29, 1.82) is 0 Å². The number of nitrogens with one attached hydrogen (secondary N) is 1. The largest absolute Gasteiger partial charge is 0.353 e. The number of nitrogens with zero attached hydrogens (tertiary/aromatic N) is 1. The molecule has 2 rings (SSSR count). The number of benzene rings is 2.